The molecule has 0 radical (unpaired) electrons. The molecule has 2 aromatic carbocycles. The molecule has 7 nitrogen and oxygen atoms in total. The molecule has 1 unspecified atom stereocenters. The molecule has 0 aliphatic carbocycles. The number of carbonyl (C=O) groups excluding carboxylic acids is 3. The van der Waals surface area contributed by atoms with Crippen LogP contribution in [0.1, 0.15) is 24.4 Å². The summed E-state index contributed by atoms with van der Waals surface area (Å²) in [6.07, 6.45) is -0.0145. The molecule has 9 heteroatoms. The molecule has 0 fully saturated rings. The molecule has 0 saturated heterocycles. The van der Waals surface area contributed by atoms with Gasteiger partial charge in [-0.1, -0.05) is 45.7 Å². The van der Waals surface area contributed by atoms with Crippen LogP contribution < -0.4 is 16.0 Å². The van der Waals surface area contributed by atoms with Crippen molar-refractivity contribution in [3.8, 4) is 0 Å². The van der Waals surface area contributed by atoms with Crippen molar-refractivity contribution < 1.29 is 19.1 Å². The van der Waals surface area contributed by atoms with Crippen LogP contribution in [0, 0.1) is 0 Å². The largest absolute Gasteiger partial charge is 0.469 e. The fraction of sp³-hybridized carbons (Fsp3) is 0.250. The number of amides is 3. The molecule has 0 aliphatic heterocycles. The number of nitrogens with one attached hydrogen (secondary N) is 3. The second-order valence-corrected chi connectivity index (χ2v) is 7.38. The van der Waals surface area contributed by atoms with Crippen molar-refractivity contribution in [2.45, 2.75) is 18.9 Å². The Hall–Kier alpha value is -2.58. The number of anilines is 1. The van der Waals surface area contributed by atoms with E-state index >= 15 is 0 Å². The quantitative estimate of drug-likeness (QED) is 0.495. The molecule has 3 N–H and O–H groups in total. The summed E-state index contributed by atoms with van der Waals surface area (Å²) in [5.74, 6) is -0.801. The Morgan fingerprint density at radius 1 is 1.10 bits per heavy atom. The van der Waals surface area contributed by atoms with Crippen LogP contribution in [-0.2, 0) is 14.3 Å². The van der Waals surface area contributed by atoms with E-state index in [1.165, 1.54) is 7.11 Å². The van der Waals surface area contributed by atoms with Gasteiger partial charge in [-0.05, 0) is 35.9 Å². The van der Waals surface area contributed by atoms with Crippen LogP contribution in [-0.4, -0.2) is 31.6 Å². The minimum atomic E-state index is -0.625. The number of hydrogen-bond donors (Lipinski definition) is 3. The van der Waals surface area contributed by atoms with Crippen LogP contribution in [0.25, 0.3) is 0 Å². The zero-order valence-electron chi connectivity index (χ0n) is 15.7. The lowest BCUT2D eigenvalue weighted by Gasteiger charge is -2.19. The number of carbonyl (C=O) groups is 3. The molecule has 3 amide bonds. The van der Waals surface area contributed by atoms with Gasteiger partial charge in [-0.25, -0.2) is 4.79 Å². The lowest BCUT2D eigenvalue weighted by atomic mass is 10.0. The topological polar surface area (TPSA) is 96.5 Å². The average Bonchev–Trinajstić information content (AvgIpc) is 2.69. The van der Waals surface area contributed by atoms with Crippen molar-refractivity contribution in [1.29, 1.82) is 0 Å². The van der Waals surface area contributed by atoms with Crippen molar-refractivity contribution in [1.82, 2.24) is 10.6 Å². The number of halogens is 2. The van der Waals surface area contributed by atoms with Gasteiger partial charge in [-0.3, -0.25) is 9.59 Å². The molecule has 0 heterocycles. The summed E-state index contributed by atoms with van der Waals surface area (Å²) >= 11 is 9.51. The van der Waals surface area contributed by atoms with E-state index in [2.05, 4.69) is 31.9 Å². The minimum Gasteiger partial charge on any atom is -0.469 e. The molecule has 1 atom stereocenters. The minimum absolute atomic E-state index is 0.0376. The Morgan fingerprint density at radius 3 is 2.45 bits per heavy atom. The highest BCUT2D eigenvalue weighted by Gasteiger charge is 2.21. The van der Waals surface area contributed by atoms with Gasteiger partial charge in [0.15, 0.2) is 0 Å². The highest BCUT2D eigenvalue weighted by atomic mass is 79.9. The van der Waals surface area contributed by atoms with Crippen LogP contribution in [0.3, 0.4) is 0 Å². The lowest BCUT2D eigenvalue weighted by molar-refractivity contribution is -0.141. The van der Waals surface area contributed by atoms with Gasteiger partial charge in [0, 0.05) is 28.1 Å². The first kappa shape index (κ1) is 22.7. The third kappa shape index (κ3) is 7.75. The number of benzene rings is 2. The number of rotatable bonds is 8. The second kappa shape index (κ2) is 11.4. The van der Waals surface area contributed by atoms with Gasteiger partial charge in [-0.15, -0.1) is 0 Å². The third-order valence-electron chi connectivity index (χ3n) is 3.95. The van der Waals surface area contributed by atoms with E-state index in [1.807, 2.05) is 0 Å². The summed E-state index contributed by atoms with van der Waals surface area (Å²) in [4.78, 5) is 35.9. The number of urea groups is 1. The molecule has 0 aliphatic rings. The van der Waals surface area contributed by atoms with Crippen molar-refractivity contribution >= 4 is 51.1 Å². The van der Waals surface area contributed by atoms with Crippen molar-refractivity contribution in [3.05, 3.63) is 63.6 Å². The molecule has 0 bridgehead atoms. The molecule has 0 saturated carbocycles. The van der Waals surface area contributed by atoms with Crippen LogP contribution in [0.2, 0.25) is 5.02 Å². The fourth-order valence-corrected chi connectivity index (χ4v) is 3.04. The van der Waals surface area contributed by atoms with Crippen molar-refractivity contribution in [3.63, 3.8) is 0 Å². The SMILES string of the molecule is COC(=O)CC(NC(=O)CCNC(=O)Nc1ccc(Br)cc1)c1ccccc1Cl. The maximum absolute atomic E-state index is 12.3. The van der Waals surface area contributed by atoms with Crippen molar-refractivity contribution in [2.24, 2.45) is 0 Å². The molecular weight excluding hydrogens is 462 g/mol. The monoisotopic (exact) mass is 481 g/mol. The number of methoxy groups -OCH3 is 1. The Bertz CT molecular complexity index is 861. The van der Waals surface area contributed by atoms with Crippen molar-refractivity contribution in [2.75, 3.05) is 19.0 Å². The number of hydrogen-bond acceptors (Lipinski definition) is 4. The maximum atomic E-state index is 12.3. The average molecular weight is 483 g/mol. The van der Waals surface area contributed by atoms with Gasteiger partial charge in [0.1, 0.15) is 0 Å². The van der Waals surface area contributed by atoms with Gasteiger partial charge in [0.2, 0.25) is 5.91 Å². The second-order valence-electron chi connectivity index (χ2n) is 6.06. The Balaban J connectivity index is 1.86. The van der Waals surface area contributed by atoms with E-state index in [-0.39, 0.29) is 25.3 Å². The molecule has 2 aromatic rings. The highest BCUT2D eigenvalue weighted by Crippen LogP contribution is 2.25. The Labute approximate surface area is 182 Å². The van der Waals surface area contributed by atoms with Gasteiger partial charge in [-0.2, -0.15) is 0 Å². The summed E-state index contributed by atoms with van der Waals surface area (Å²) in [6, 6.07) is 13.0. The van der Waals surface area contributed by atoms with E-state index in [0.717, 1.165) is 4.47 Å². The van der Waals surface area contributed by atoms with E-state index in [9.17, 15) is 14.4 Å². The summed E-state index contributed by atoms with van der Waals surface area (Å²) in [5, 5.41) is 8.49. The summed E-state index contributed by atoms with van der Waals surface area (Å²) in [7, 11) is 1.28. The summed E-state index contributed by atoms with van der Waals surface area (Å²) in [6.45, 7) is 0.127. The Kier molecular flexibility index (Phi) is 8.95. The standard InChI is InChI=1S/C20H21BrClN3O4/c1-29-19(27)12-17(15-4-2-3-5-16(15)22)25-18(26)10-11-23-20(28)24-14-8-6-13(21)7-9-14/h2-9,17H,10-12H2,1H3,(H,25,26)(H2,23,24,28). The molecule has 154 valence electrons. The zero-order chi connectivity index (χ0) is 21.2. The predicted molar refractivity (Wildman–Crippen MR) is 115 cm³/mol. The first-order valence-electron chi connectivity index (χ1n) is 8.80. The lowest BCUT2D eigenvalue weighted by Crippen LogP contribution is -2.35. The molecule has 0 spiro atoms. The smallest absolute Gasteiger partial charge is 0.319 e. The molecule has 0 aromatic heterocycles. The van der Waals surface area contributed by atoms with Gasteiger partial charge in [0.05, 0.1) is 19.6 Å². The summed E-state index contributed by atoms with van der Waals surface area (Å²) in [5.41, 5.74) is 1.25. The van der Waals surface area contributed by atoms with Crippen LogP contribution in [0.5, 0.6) is 0 Å². The van der Waals surface area contributed by atoms with E-state index in [1.54, 1.807) is 48.5 Å². The maximum Gasteiger partial charge on any atom is 0.319 e. The fourth-order valence-electron chi connectivity index (χ4n) is 2.51. The molecular formula is C20H21BrClN3O4. The number of ether oxygens (including phenoxy) is 1. The van der Waals surface area contributed by atoms with Crippen LogP contribution in [0.15, 0.2) is 53.0 Å². The van der Waals surface area contributed by atoms with E-state index in [4.69, 9.17) is 16.3 Å². The molecule has 29 heavy (non-hydrogen) atoms. The van der Waals surface area contributed by atoms with Crippen LogP contribution >= 0.6 is 27.5 Å². The zero-order valence-corrected chi connectivity index (χ0v) is 18.0. The highest BCUT2D eigenvalue weighted by molar-refractivity contribution is 9.10. The van der Waals surface area contributed by atoms with Crippen LogP contribution in [0.4, 0.5) is 10.5 Å². The van der Waals surface area contributed by atoms with Gasteiger partial charge >= 0.3 is 12.0 Å². The Morgan fingerprint density at radius 2 is 1.79 bits per heavy atom. The molecule has 2 rings (SSSR count). The first-order valence-corrected chi connectivity index (χ1v) is 9.97. The normalized spacial score (nSPS) is 11.3. The number of esters is 1. The summed E-state index contributed by atoms with van der Waals surface area (Å²) < 4.78 is 5.60. The van der Waals surface area contributed by atoms with E-state index < -0.39 is 18.0 Å². The van der Waals surface area contributed by atoms with E-state index in [0.29, 0.717) is 16.3 Å². The third-order valence-corrected chi connectivity index (χ3v) is 4.83. The first-order chi connectivity index (χ1) is 13.9. The van der Waals surface area contributed by atoms with Gasteiger partial charge < -0.3 is 20.7 Å². The van der Waals surface area contributed by atoms with Gasteiger partial charge in [0.25, 0.3) is 0 Å². The predicted octanol–water partition coefficient (Wildman–Crippen LogP) is 4.03.